The fourth-order valence-corrected chi connectivity index (χ4v) is 4.08. The highest BCUT2D eigenvalue weighted by Crippen LogP contribution is 2.40. The van der Waals surface area contributed by atoms with E-state index in [0.717, 1.165) is 43.7 Å². The van der Waals surface area contributed by atoms with Crippen LogP contribution in [-0.4, -0.2) is 75.0 Å². The van der Waals surface area contributed by atoms with E-state index in [1.807, 2.05) is 31.3 Å². The maximum Gasteiger partial charge on any atom is 0.409 e. The van der Waals surface area contributed by atoms with Gasteiger partial charge in [0.15, 0.2) is 11.5 Å². The first-order valence-electron chi connectivity index (χ1n) is 10.9. The molecule has 1 aromatic carbocycles. The van der Waals surface area contributed by atoms with Crippen molar-refractivity contribution in [2.75, 3.05) is 48.1 Å². The molecule has 1 fully saturated rings. The van der Waals surface area contributed by atoms with Gasteiger partial charge in [-0.1, -0.05) is 0 Å². The van der Waals surface area contributed by atoms with Gasteiger partial charge in [-0.25, -0.2) is 4.79 Å². The summed E-state index contributed by atoms with van der Waals surface area (Å²) in [6, 6.07) is 8.35. The number of nitrogens with zero attached hydrogens (tertiary/aromatic N) is 3. The Morgan fingerprint density at radius 1 is 1.09 bits per heavy atom. The number of carbonyl (C=O) groups is 1. The Morgan fingerprint density at radius 3 is 2.31 bits per heavy atom. The van der Waals surface area contributed by atoms with Crippen molar-refractivity contribution in [2.45, 2.75) is 32.4 Å². The zero-order valence-corrected chi connectivity index (χ0v) is 19.6. The Labute approximate surface area is 190 Å². The van der Waals surface area contributed by atoms with E-state index in [-0.39, 0.29) is 6.09 Å². The molecule has 0 bridgehead atoms. The Kier molecular flexibility index (Phi) is 8.16. The second-order valence-corrected chi connectivity index (χ2v) is 7.80. The van der Waals surface area contributed by atoms with Gasteiger partial charge in [-0.2, -0.15) is 0 Å². The van der Waals surface area contributed by atoms with Crippen LogP contribution in [0.15, 0.2) is 30.5 Å². The third-order valence-corrected chi connectivity index (χ3v) is 5.83. The average molecular weight is 444 g/mol. The molecular formula is C24H33N3O5. The van der Waals surface area contributed by atoms with E-state index in [0.29, 0.717) is 29.9 Å². The Morgan fingerprint density at radius 2 is 1.75 bits per heavy atom. The highest BCUT2D eigenvalue weighted by molar-refractivity contribution is 5.69. The van der Waals surface area contributed by atoms with Crippen LogP contribution in [0.5, 0.6) is 17.2 Å². The summed E-state index contributed by atoms with van der Waals surface area (Å²) in [7, 11) is 6.93. The standard InChI is InChI=1S/C24H33N3O5/c1-6-32-24(28)27-11-8-19(9-12-27)26(2)16-17-7-10-25-20(13-17)18-14-21(29-3)23(31-5)22(15-18)30-4/h7,10,13-15,19H,6,8-9,11-12,16H2,1-5H3. The van der Waals surface area contributed by atoms with Gasteiger partial charge in [0.2, 0.25) is 5.75 Å². The number of likely N-dealkylation sites (tertiary alicyclic amines) is 1. The number of methoxy groups -OCH3 is 3. The Bertz CT molecular complexity index is 887. The van der Waals surface area contributed by atoms with Gasteiger partial charge in [-0.3, -0.25) is 9.88 Å². The van der Waals surface area contributed by atoms with Crippen molar-refractivity contribution in [3.63, 3.8) is 0 Å². The molecule has 0 unspecified atom stereocenters. The number of piperidine rings is 1. The summed E-state index contributed by atoms with van der Waals surface area (Å²) in [6.07, 6.45) is 3.48. The summed E-state index contributed by atoms with van der Waals surface area (Å²) in [5, 5.41) is 0. The minimum Gasteiger partial charge on any atom is -0.493 e. The normalized spacial score (nSPS) is 14.4. The first-order chi connectivity index (χ1) is 15.5. The van der Waals surface area contributed by atoms with Gasteiger partial charge in [-0.05, 0) is 56.6 Å². The molecule has 0 atom stereocenters. The van der Waals surface area contributed by atoms with E-state index in [2.05, 4.69) is 23.0 Å². The van der Waals surface area contributed by atoms with Gasteiger partial charge in [0.25, 0.3) is 0 Å². The molecule has 0 N–H and O–H groups in total. The smallest absolute Gasteiger partial charge is 0.409 e. The van der Waals surface area contributed by atoms with Crippen molar-refractivity contribution < 1.29 is 23.7 Å². The highest BCUT2D eigenvalue weighted by atomic mass is 16.6. The molecule has 0 aliphatic carbocycles. The summed E-state index contributed by atoms with van der Waals surface area (Å²) in [6.45, 7) is 4.49. The molecule has 1 aliphatic rings. The number of rotatable bonds is 8. The molecule has 1 aromatic heterocycles. The first-order valence-corrected chi connectivity index (χ1v) is 10.9. The second kappa shape index (κ2) is 11.0. The van der Waals surface area contributed by atoms with Crippen LogP contribution in [0, 0.1) is 0 Å². The van der Waals surface area contributed by atoms with Crippen molar-refractivity contribution in [3.05, 3.63) is 36.0 Å². The van der Waals surface area contributed by atoms with Crippen molar-refractivity contribution in [1.82, 2.24) is 14.8 Å². The van der Waals surface area contributed by atoms with Gasteiger partial charge in [0, 0.05) is 37.4 Å². The van der Waals surface area contributed by atoms with Gasteiger partial charge in [0.05, 0.1) is 33.6 Å². The van der Waals surface area contributed by atoms with Crippen LogP contribution < -0.4 is 14.2 Å². The molecule has 1 aliphatic heterocycles. The molecule has 0 radical (unpaired) electrons. The Hall–Kier alpha value is -3.00. The van der Waals surface area contributed by atoms with E-state index >= 15 is 0 Å². The number of pyridine rings is 1. The lowest BCUT2D eigenvalue weighted by Crippen LogP contribution is -2.45. The summed E-state index contributed by atoms with van der Waals surface area (Å²) in [4.78, 5) is 20.6. The third kappa shape index (κ3) is 5.43. The lowest BCUT2D eigenvalue weighted by Gasteiger charge is -2.36. The van der Waals surface area contributed by atoms with E-state index in [1.165, 1.54) is 5.56 Å². The van der Waals surface area contributed by atoms with E-state index in [9.17, 15) is 4.79 Å². The van der Waals surface area contributed by atoms with Crippen LogP contribution in [-0.2, 0) is 11.3 Å². The molecular weight excluding hydrogens is 410 g/mol. The van der Waals surface area contributed by atoms with Gasteiger partial charge in [0.1, 0.15) is 0 Å². The van der Waals surface area contributed by atoms with E-state index < -0.39 is 0 Å². The molecule has 174 valence electrons. The molecule has 1 amide bonds. The number of benzene rings is 1. The fourth-order valence-electron chi connectivity index (χ4n) is 4.08. The lowest BCUT2D eigenvalue weighted by molar-refractivity contribution is 0.0794. The predicted octanol–water partition coefficient (Wildman–Crippen LogP) is 3.83. The maximum atomic E-state index is 11.9. The molecule has 2 heterocycles. The summed E-state index contributed by atoms with van der Waals surface area (Å²) in [5.41, 5.74) is 2.90. The van der Waals surface area contributed by atoms with Crippen molar-refractivity contribution in [2.24, 2.45) is 0 Å². The number of hydrogen-bond acceptors (Lipinski definition) is 7. The topological polar surface area (TPSA) is 73.4 Å². The lowest BCUT2D eigenvalue weighted by atomic mass is 10.0. The van der Waals surface area contributed by atoms with Gasteiger partial charge in [-0.15, -0.1) is 0 Å². The highest BCUT2D eigenvalue weighted by Gasteiger charge is 2.26. The van der Waals surface area contributed by atoms with Gasteiger partial charge < -0.3 is 23.8 Å². The maximum absolute atomic E-state index is 11.9. The molecule has 8 heteroatoms. The monoisotopic (exact) mass is 443 g/mol. The minimum atomic E-state index is -0.210. The van der Waals surface area contributed by atoms with Crippen LogP contribution in [0.2, 0.25) is 0 Å². The SMILES string of the molecule is CCOC(=O)N1CCC(N(C)Cc2ccnc(-c3cc(OC)c(OC)c(OC)c3)c2)CC1. The molecule has 32 heavy (non-hydrogen) atoms. The largest absolute Gasteiger partial charge is 0.493 e. The van der Waals surface area contributed by atoms with Crippen LogP contribution in [0.3, 0.4) is 0 Å². The zero-order valence-electron chi connectivity index (χ0n) is 19.6. The summed E-state index contributed by atoms with van der Waals surface area (Å²) >= 11 is 0. The molecule has 8 nitrogen and oxygen atoms in total. The van der Waals surface area contributed by atoms with Crippen LogP contribution in [0.4, 0.5) is 4.79 Å². The number of ether oxygens (including phenoxy) is 4. The quantitative estimate of drug-likeness (QED) is 0.614. The Balaban J connectivity index is 1.70. The molecule has 1 saturated heterocycles. The number of aromatic nitrogens is 1. The van der Waals surface area contributed by atoms with Gasteiger partial charge >= 0.3 is 6.09 Å². The number of carbonyl (C=O) groups excluding carboxylic acids is 1. The summed E-state index contributed by atoms with van der Waals surface area (Å²) in [5.74, 6) is 1.75. The molecule has 0 saturated carbocycles. The van der Waals surface area contributed by atoms with E-state index in [1.54, 1.807) is 26.2 Å². The molecule has 2 aromatic rings. The van der Waals surface area contributed by atoms with Crippen molar-refractivity contribution in [1.29, 1.82) is 0 Å². The first kappa shape index (κ1) is 23.7. The van der Waals surface area contributed by atoms with Crippen LogP contribution in [0.25, 0.3) is 11.3 Å². The molecule has 0 spiro atoms. The number of amides is 1. The third-order valence-electron chi connectivity index (χ3n) is 5.83. The van der Waals surface area contributed by atoms with Crippen LogP contribution in [0.1, 0.15) is 25.3 Å². The minimum absolute atomic E-state index is 0.210. The van der Waals surface area contributed by atoms with Crippen LogP contribution >= 0.6 is 0 Å². The average Bonchev–Trinajstić information content (AvgIpc) is 2.83. The summed E-state index contributed by atoms with van der Waals surface area (Å²) < 4.78 is 21.5. The van der Waals surface area contributed by atoms with E-state index in [4.69, 9.17) is 18.9 Å². The zero-order chi connectivity index (χ0) is 23.1. The predicted molar refractivity (Wildman–Crippen MR) is 122 cm³/mol. The number of hydrogen-bond donors (Lipinski definition) is 0. The fraction of sp³-hybridized carbons (Fsp3) is 0.500. The second-order valence-electron chi connectivity index (χ2n) is 7.80. The molecule has 3 rings (SSSR count). The van der Waals surface area contributed by atoms with Crippen molar-refractivity contribution >= 4 is 6.09 Å². The van der Waals surface area contributed by atoms with Crippen molar-refractivity contribution in [3.8, 4) is 28.5 Å².